The number of rotatable bonds is 6. The van der Waals surface area contributed by atoms with Crippen LogP contribution < -0.4 is 26.2 Å². The van der Waals surface area contributed by atoms with Crippen LogP contribution in [0.1, 0.15) is 45.3 Å². The second-order valence-electron chi connectivity index (χ2n) is 9.92. The Kier molecular flexibility index (Phi) is 7.84. The summed E-state index contributed by atoms with van der Waals surface area (Å²) in [6, 6.07) is 9.48. The molecule has 2 atom stereocenters. The lowest BCUT2D eigenvalue weighted by molar-refractivity contribution is 0.0921. The zero-order valence-corrected chi connectivity index (χ0v) is 22.0. The number of carbonyl (C=O) groups excluding carboxylic acids is 2. The SMILES string of the molecule is CC1/C=C\C2(CCOC2)Nn2cc(C(=O)NCc3c(F)cc(F)cc3F)c(=O)c(OCc3ccccc3)c2C(=O)N1. The van der Waals surface area contributed by atoms with Crippen molar-refractivity contribution in [1.82, 2.24) is 15.3 Å². The number of hydrogen-bond acceptors (Lipinski definition) is 6. The Labute approximate surface area is 232 Å². The third-order valence-electron chi connectivity index (χ3n) is 6.84. The molecule has 1 fully saturated rings. The highest BCUT2D eigenvalue weighted by molar-refractivity contribution is 5.99. The topological polar surface area (TPSA) is 111 Å². The van der Waals surface area contributed by atoms with Gasteiger partial charge in [0.15, 0.2) is 11.4 Å². The van der Waals surface area contributed by atoms with Crippen molar-refractivity contribution in [2.45, 2.75) is 38.1 Å². The first-order chi connectivity index (χ1) is 19.7. The molecule has 0 saturated carbocycles. The predicted molar refractivity (Wildman–Crippen MR) is 143 cm³/mol. The van der Waals surface area contributed by atoms with Crippen LogP contribution in [0, 0.1) is 17.5 Å². The highest BCUT2D eigenvalue weighted by atomic mass is 19.1. The fourth-order valence-corrected chi connectivity index (χ4v) is 4.65. The summed E-state index contributed by atoms with van der Waals surface area (Å²) in [6.07, 6.45) is 5.33. The number of fused-ring (bicyclic) bond motifs is 1. The van der Waals surface area contributed by atoms with E-state index in [1.54, 1.807) is 37.3 Å². The summed E-state index contributed by atoms with van der Waals surface area (Å²) in [7, 11) is 0. The van der Waals surface area contributed by atoms with Crippen molar-refractivity contribution < 1.29 is 32.2 Å². The fraction of sp³-hybridized carbons (Fsp3) is 0.276. The molecule has 1 spiro atoms. The number of hydrogen-bond donors (Lipinski definition) is 3. The number of nitrogens with zero attached hydrogens (tertiary/aromatic N) is 1. The van der Waals surface area contributed by atoms with Gasteiger partial charge in [-0.25, -0.2) is 13.2 Å². The lowest BCUT2D eigenvalue weighted by Gasteiger charge is -2.29. The van der Waals surface area contributed by atoms with E-state index >= 15 is 0 Å². The third-order valence-corrected chi connectivity index (χ3v) is 6.84. The number of benzene rings is 2. The maximum Gasteiger partial charge on any atom is 0.274 e. The number of pyridine rings is 1. The lowest BCUT2D eigenvalue weighted by Crippen LogP contribution is -2.45. The number of halogens is 3. The normalized spacial score (nSPS) is 20.7. The van der Waals surface area contributed by atoms with Gasteiger partial charge in [0.2, 0.25) is 5.43 Å². The number of ether oxygens (including phenoxy) is 2. The van der Waals surface area contributed by atoms with Crippen LogP contribution >= 0.6 is 0 Å². The number of nitrogens with one attached hydrogen (secondary N) is 3. The van der Waals surface area contributed by atoms with Crippen LogP contribution in [0.5, 0.6) is 5.75 Å². The van der Waals surface area contributed by atoms with E-state index in [1.807, 2.05) is 12.1 Å². The van der Waals surface area contributed by atoms with Crippen LogP contribution in [-0.2, 0) is 17.9 Å². The van der Waals surface area contributed by atoms with Crippen LogP contribution in [-0.4, -0.2) is 41.3 Å². The van der Waals surface area contributed by atoms with Crippen molar-refractivity contribution >= 4 is 11.8 Å². The van der Waals surface area contributed by atoms with E-state index in [0.717, 1.165) is 6.20 Å². The molecule has 5 rings (SSSR count). The van der Waals surface area contributed by atoms with Gasteiger partial charge in [-0.15, -0.1) is 0 Å². The highest BCUT2D eigenvalue weighted by Gasteiger charge is 2.36. The zero-order valence-electron chi connectivity index (χ0n) is 22.0. The monoisotopic (exact) mass is 568 g/mol. The van der Waals surface area contributed by atoms with Gasteiger partial charge in [-0.2, -0.15) is 0 Å². The maximum absolute atomic E-state index is 14.2. The summed E-state index contributed by atoms with van der Waals surface area (Å²) >= 11 is 0. The molecule has 12 heteroatoms. The molecule has 1 saturated heterocycles. The van der Waals surface area contributed by atoms with Crippen LogP contribution in [0.25, 0.3) is 0 Å². The molecule has 3 heterocycles. The van der Waals surface area contributed by atoms with E-state index in [4.69, 9.17) is 9.47 Å². The Hall–Kier alpha value is -4.58. The first-order valence-corrected chi connectivity index (χ1v) is 12.9. The summed E-state index contributed by atoms with van der Waals surface area (Å²) in [6.45, 7) is 1.70. The van der Waals surface area contributed by atoms with Crippen molar-refractivity contribution in [1.29, 1.82) is 0 Å². The Morgan fingerprint density at radius 1 is 1.17 bits per heavy atom. The Morgan fingerprint density at radius 3 is 2.59 bits per heavy atom. The van der Waals surface area contributed by atoms with E-state index in [1.165, 1.54) is 4.68 Å². The molecule has 3 aromatic rings. The van der Waals surface area contributed by atoms with Crippen molar-refractivity contribution in [3.05, 3.63) is 111 Å². The minimum atomic E-state index is -1.19. The summed E-state index contributed by atoms with van der Waals surface area (Å²) < 4.78 is 54.4. The summed E-state index contributed by atoms with van der Waals surface area (Å²) in [5, 5.41) is 5.11. The van der Waals surface area contributed by atoms with Gasteiger partial charge in [-0.3, -0.25) is 19.1 Å². The van der Waals surface area contributed by atoms with Crippen molar-refractivity contribution in [3.8, 4) is 5.75 Å². The number of aromatic nitrogens is 1. The smallest absolute Gasteiger partial charge is 0.274 e. The molecular formula is C29H27F3N4O5. The number of amides is 2. The molecule has 41 heavy (non-hydrogen) atoms. The van der Waals surface area contributed by atoms with Gasteiger partial charge in [0.1, 0.15) is 29.6 Å². The van der Waals surface area contributed by atoms with Gasteiger partial charge in [0, 0.05) is 49.5 Å². The Morgan fingerprint density at radius 2 is 1.90 bits per heavy atom. The van der Waals surface area contributed by atoms with E-state index < -0.39 is 69.7 Å². The molecule has 9 nitrogen and oxygen atoms in total. The molecule has 2 aliphatic rings. The molecular weight excluding hydrogens is 541 g/mol. The molecule has 2 unspecified atom stereocenters. The predicted octanol–water partition coefficient (Wildman–Crippen LogP) is 3.17. The van der Waals surface area contributed by atoms with E-state index in [-0.39, 0.29) is 18.9 Å². The van der Waals surface area contributed by atoms with E-state index in [2.05, 4.69) is 16.1 Å². The molecule has 0 aliphatic carbocycles. The second kappa shape index (κ2) is 11.5. The summed E-state index contributed by atoms with van der Waals surface area (Å²) in [4.78, 5) is 40.3. The zero-order chi connectivity index (χ0) is 29.1. The summed E-state index contributed by atoms with van der Waals surface area (Å²) in [5.74, 6) is -5.50. The average molecular weight is 569 g/mol. The first-order valence-electron chi connectivity index (χ1n) is 12.9. The molecule has 1 aromatic heterocycles. The average Bonchev–Trinajstić information content (AvgIpc) is 3.41. The second-order valence-corrected chi connectivity index (χ2v) is 9.92. The third kappa shape index (κ3) is 5.97. The Bertz CT molecular complexity index is 1550. The largest absolute Gasteiger partial charge is 0.482 e. The van der Waals surface area contributed by atoms with E-state index in [9.17, 15) is 27.6 Å². The maximum atomic E-state index is 14.2. The lowest BCUT2D eigenvalue weighted by atomic mass is 9.98. The summed E-state index contributed by atoms with van der Waals surface area (Å²) in [5.41, 5.74) is 1.04. The van der Waals surface area contributed by atoms with Gasteiger partial charge in [-0.05, 0) is 12.5 Å². The van der Waals surface area contributed by atoms with E-state index in [0.29, 0.717) is 30.7 Å². The number of carbonyl (C=O) groups is 2. The van der Waals surface area contributed by atoms with Gasteiger partial charge in [0.25, 0.3) is 11.8 Å². The molecule has 2 aromatic carbocycles. The molecule has 0 bridgehead atoms. The molecule has 0 radical (unpaired) electrons. The molecule has 2 aliphatic heterocycles. The Balaban J connectivity index is 1.57. The molecule has 3 N–H and O–H groups in total. The van der Waals surface area contributed by atoms with Gasteiger partial charge in [0.05, 0.1) is 12.1 Å². The quantitative estimate of drug-likeness (QED) is 0.394. The van der Waals surface area contributed by atoms with Crippen LogP contribution in [0.2, 0.25) is 0 Å². The van der Waals surface area contributed by atoms with Crippen molar-refractivity contribution in [2.75, 3.05) is 18.6 Å². The van der Waals surface area contributed by atoms with Gasteiger partial charge in [-0.1, -0.05) is 42.5 Å². The first kappa shape index (κ1) is 28.0. The van der Waals surface area contributed by atoms with Gasteiger partial charge < -0.3 is 25.5 Å². The van der Waals surface area contributed by atoms with Gasteiger partial charge >= 0.3 is 0 Å². The van der Waals surface area contributed by atoms with Crippen molar-refractivity contribution in [2.24, 2.45) is 0 Å². The highest BCUT2D eigenvalue weighted by Crippen LogP contribution is 2.26. The van der Waals surface area contributed by atoms with Crippen LogP contribution in [0.4, 0.5) is 13.2 Å². The molecule has 2 amide bonds. The minimum Gasteiger partial charge on any atom is -0.482 e. The van der Waals surface area contributed by atoms with Crippen molar-refractivity contribution in [3.63, 3.8) is 0 Å². The minimum absolute atomic E-state index is 0.0878. The molecule has 214 valence electrons. The fourth-order valence-electron chi connectivity index (χ4n) is 4.65. The van der Waals surface area contributed by atoms with Crippen LogP contribution in [0.15, 0.2) is 65.6 Å². The standard InChI is InChI=1S/C29H27F3N4O5/c1-17-7-8-29(9-10-40-16-29)35-36-14-21(27(38)33-13-20-22(31)11-19(30)12-23(20)32)25(37)26(24(36)28(39)34-17)41-15-18-5-3-2-4-6-18/h2-8,11-12,14,17,35H,9-10,13,15-16H2,1H3,(H,33,38)(H,34,39)/b8-7-. The van der Waals surface area contributed by atoms with Crippen LogP contribution in [0.3, 0.4) is 0 Å².